The molecule has 3 heteroatoms. The molecule has 2 nitrogen and oxygen atoms in total. The third-order valence-corrected chi connectivity index (χ3v) is 4.45. The Morgan fingerprint density at radius 2 is 2.10 bits per heavy atom. The Labute approximate surface area is 121 Å². The number of nitrogens with zero attached hydrogens (tertiary/aromatic N) is 1. The first-order valence-corrected chi connectivity index (χ1v) is 7.42. The number of halogens is 1. The molecule has 0 spiro atoms. The maximum absolute atomic E-state index is 13.2. The predicted octanol–water partition coefficient (Wildman–Crippen LogP) is 3.65. The molecule has 0 amide bonds. The van der Waals surface area contributed by atoms with E-state index in [1.807, 2.05) is 13.1 Å². The second kappa shape index (κ2) is 6.49. The lowest BCUT2D eigenvalue weighted by molar-refractivity contribution is -0.119. The van der Waals surface area contributed by atoms with Crippen LogP contribution in [0.2, 0.25) is 0 Å². The normalized spacial score (nSPS) is 26.7. The number of carbonyl (C=O) groups is 1. The molecule has 1 aromatic rings. The highest BCUT2D eigenvalue weighted by atomic mass is 19.1. The van der Waals surface area contributed by atoms with Gasteiger partial charge in [0, 0.05) is 18.5 Å². The van der Waals surface area contributed by atoms with Crippen LogP contribution < -0.4 is 0 Å². The summed E-state index contributed by atoms with van der Waals surface area (Å²) in [5.41, 5.74) is 0.756. The van der Waals surface area contributed by atoms with Gasteiger partial charge in [0.15, 0.2) is 0 Å². The van der Waals surface area contributed by atoms with Crippen molar-refractivity contribution in [1.82, 2.24) is 4.90 Å². The van der Waals surface area contributed by atoms with Gasteiger partial charge in [-0.05, 0) is 56.3 Å². The molecule has 0 aromatic heterocycles. The Hall–Kier alpha value is -1.22. The van der Waals surface area contributed by atoms with E-state index in [0.717, 1.165) is 50.0 Å². The standard InChI is InChI=1S/C17H24FNO/c1-14-6-8-17(13-20,9-7-14)12-19(2)11-15-4-3-5-16(18)10-15/h3-5,10,13-14H,6-9,11-12H2,1-2H3. The fraction of sp³-hybridized carbons (Fsp3) is 0.588. The van der Waals surface area contributed by atoms with Crippen LogP contribution in [0.3, 0.4) is 0 Å². The maximum atomic E-state index is 13.2. The summed E-state index contributed by atoms with van der Waals surface area (Å²) in [5.74, 6) is 0.532. The highest BCUT2D eigenvalue weighted by Gasteiger charge is 2.34. The lowest BCUT2D eigenvalue weighted by Gasteiger charge is -2.37. The molecule has 0 N–H and O–H groups in total. The lowest BCUT2D eigenvalue weighted by atomic mass is 9.71. The van der Waals surface area contributed by atoms with E-state index >= 15 is 0 Å². The molecular weight excluding hydrogens is 253 g/mol. The van der Waals surface area contributed by atoms with Crippen molar-refractivity contribution < 1.29 is 9.18 Å². The van der Waals surface area contributed by atoms with Crippen molar-refractivity contribution in [2.75, 3.05) is 13.6 Å². The van der Waals surface area contributed by atoms with Gasteiger partial charge in [0.05, 0.1) is 0 Å². The summed E-state index contributed by atoms with van der Waals surface area (Å²) >= 11 is 0. The first-order chi connectivity index (χ1) is 9.53. The number of hydrogen-bond donors (Lipinski definition) is 0. The van der Waals surface area contributed by atoms with Crippen molar-refractivity contribution in [2.45, 2.75) is 39.2 Å². The van der Waals surface area contributed by atoms with Crippen LogP contribution in [0.4, 0.5) is 4.39 Å². The number of benzene rings is 1. The molecule has 0 heterocycles. The number of rotatable bonds is 5. The Balaban J connectivity index is 1.95. The molecule has 1 aromatic carbocycles. The topological polar surface area (TPSA) is 20.3 Å². The lowest BCUT2D eigenvalue weighted by Crippen LogP contribution is -2.39. The molecular formula is C17H24FNO. The fourth-order valence-electron chi connectivity index (χ4n) is 3.19. The van der Waals surface area contributed by atoms with Gasteiger partial charge in [-0.15, -0.1) is 0 Å². The minimum atomic E-state index is -0.201. The van der Waals surface area contributed by atoms with Crippen LogP contribution in [0.5, 0.6) is 0 Å². The molecule has 1 aliphatic carbocycles. The molecule has 2 rings (SSSR count). The van der Waals surface area contributed by atoms with Gasteiger partial charge >= 0.3 is 0 Å². The fourth-order valence-corrected chi connectivity index (χ4v) is 3.19. The minimum Gasteiger partial charge on any atom is -0.303 e. The summed E-state index contributed by atoms with van der Waals surface area (Å²) in [6, 6.07) is 6.68. The van der Waals surface area contributed by atoms with Crippen molar-refractivity contribution in [3.8, 4) is 0 Å². The summed E-state index contributed by atoms with van der Waals surface area (Å²) in [6.45, 7) is 3.70. The van der Waals surface area contributed by atoms with Crippen LogP contribution in [0.25, 0.3) is 0 Å². The van der Waals surface area contributed by atoms with Crippen molar-refractivity contribution in [3.63, 3.8) is 0 Å². The average molecular weight is 277 g/mol. The molecule has 0 aliphatic heterocycles. The molecule has 0 saturated heterocycles. The largest absolute Gasteiger partial charge is 0.303 e. The molecule has 0 atom stereocenters. The Kier molecular flexibility index (Phi) is 4.92. The Morgan fingerprint density at radius 3 is 2.70 bits per heavy atom. The SMILES string of the molecule is CC1CCC(C=O)(CN(C)Cc2cccc(F)c2)CC1. The van der Waals surface area contributed by atoms with Crippen LogP contribution in [0.1, 0.15) is 38.2 Å². The summed E-state index contributed by atoms with van der Waals surface area (Å²) in [4.78, 5) is 13.7. The Bertz CT molecular complexity index is 452. The zero-order valence-corrected chi connectivity index (χ0v) is 12.4. The van der Waals surface area contributed by atoms with Gasteiger partial charge in [-0.2, -0.15) is 0 Å². The van der Waals surface area contributed by atoms with E-state index in [1.54, 1.807) is 12.1 Å². The van der Waals surface area contributed by atoms with Crippen molar-refractivity contribution in [1.29, 1.82) is 0 Å². The molecule has 1 aliphatic rings. The van der Waals surface area contributed by atoms with Gasteiger partial charge in [-0.25, -0.2) is 4.39 Å². The number of hydrogen-bond acceptors (Lipinski definition) is 2. The molecule has 0 unspecified atom stereocenters. The smallest absolute Gasteiger partial charge is 0.127 e. The zero-order chi connectivity index (χ0) is 14.6. The van der Waals surface area contributed by atoms with Crippen LogP contribution in [-0.2, 0) is 11.3 Å². The number of carbonyl (C=O) groups excluding carboxylic acids is 1. The predicted molar refractivity (Wildman–Crippen MR) is 78.9 cm³/mol. The van der Waals surface area contributed by atoms with Gasteiger partial charge in [-0.3, -0.25) is 0 Å². The average Bonchev–Trinajstić information content (AvgIpc) is 2.41. The van der Waals surface area contributed by atoms with E-state index < -0.39 is 0 Å². The first-order valence-electron chi connectivity index (χ1n) is 7.42. The third-order valence-electron chi connectivity index (χ3n) is 4.45. The third kappa shape index (κ3) is 3.89. The van der Waals surface area contributed by atoms with E-state index in [1.165, 1.54) is 6.07 Å². The first kappa shape index (κ1) is 15.2. The van der Waals surface area contributed by atoms with Crippen LogP contribution in [-0.4, -0.2) is 24.8 Å². The highest BCUT2D eigenvalue weighted by Crippen LogP contribution is 2.37. The van der Waals surface area contributed by atoms with Gasteiger partial charge in [0.25, 0.3) is 0 Å². The van der Waals surface area contributed by atoms with E-state index in [2.05, 4.69) is 11.8 Å². The zero-order valence-electron chi connectivity index (χ0n) is 12.4. The van der Waals surface area contributed by atoms with E-state index in [4.69, 9.17) is 0 Å². The molecule has 1 fully saturated rings. The van der Waals surface area contributed by atoms with Crippen LogP contribution >= 0.6 is 0 Å². The molecule has 1 saturated carbocycles. The summed E-state index contributed by atoms with van der Waals surface area (Å²) in [5, 5.41) is 0. The second-order valence-electron chi connectivity index (χ2n) is 6.46. The molecule has 20 heavy (non-hydrogen) atoms. The Morgan fingerprint density at radius 1 is 1.40 bits per heavy atom. The van der Waals surface area contributed by atoms with Gasteiger partial charge in [0.1, 0.15) is 12.1 Å². The minimum absolute atomic E-state index is 0.200. The maximum Gasteiger partial charge on any atom is 0.127 e. The highest BCUT2D eigenvalue weighted by molar-refractivity contribution is 5.60. The van der Waals surface area contributed by atoms with E-state index in [9.17, 15) is 9.18 Å². The van der Waals surface area contributed by atoms with E-state index in [0.29, 0.717) is 6.54 Å². The summed E-state index contributed by atoms with van der Waals surface area (Å²) in [7, 11) is 2.01. The quantitative estimate of drug-likeness (QED) is 0.766. The summed E-state index contributed by atoms with van der Waals surface area (Å²) < 4.78 is 13.2. The monoisotopic (exact) mass is 277 g/mol. The molecule has 110 valence electrons. The van der Waals surface area contributed by atoms with Crippen molar-refractivity contribution in [2.24, 2.45) is 11.3 Å². The number of aldehydes is 1. The van der Waals surface area contributed by atoms with Crippen LogP contribution in [0, 0.1) is 17.2 Å². The van der Waals surface area contributed by atoms with Crippen molar-refractivity contribution in [3.05, 3.63) is 35.6 Å². The van der Waals surface area contributed by atoms with Crippen molar-refractivity contribution >= 4 is 6.29 Å². The van der Waals surface area contributed by atoms with Crippen LogP contribution in [0.15, 0.2) is 24.3 Å². The second-order valence-corrected chi connectivity index (χ2v) is 6.46. The van der Waals surface area contributed by atoms with Gasteiger partial charge in [0.2, 0.25) is 0 Å². The molecule has 0 bridgehead atoms. The molecule has 0 radical (unpaired) electrons. The van der Waals surface area contributed by atoms with Gasteiger partial charge < -0.3 is 9.69 Å². The van der Waals surface area contributed by atoms with E-state index in [-0.39, 0.29) is 11.2 Å². The van der Waals surface area contributed by atoms with Gasteiger partial charge in [-0.1, -0.05) is 19.1 Å². The summed E-state index contributed by atoms with van der Waals surface area (Å²) in [6.07, 6.45) is 5.37.